The van der Waals surface area contributed by atoms with Crippen LogP contribution < -0.4 is 0 Å². The average molecular weight is 342 g/mol. The standard InChI is InChI=1S/C18H22N4OS/c1-13-3-2-4-15(20-13)8-21-7-14-5-6-17(10-21)22(18(14)23)9-16-11-24-12-19-16/h2-4,11-12,14,17H,5-10H2,1H3/t14-,17+/m0/s1. The number of piperidine rings is 1. The molecule has 5 nitrogen and oxygen atoms in total. The molecule has 126 valence electrons. The Morgan fingerprint density at radius 2 is 2.12 bits per heavy atom. The van der Waals surface area contributed by atoms with Gasteiger partial charge in [0.15, 0.2) is 0 Å². The van der Waals surface area contributed by atoms with Gasteiger partial charge in [-0.05, 0) is 31.9 Å². The van der Waals surface area contributed by atoms with Gasteiger partial charge in [-0.25, -0.2) is 4.98 Å². The Bertz CT molecular complexity index is 718. The summed E-state index contributed by atoms with van der Waals surface area (Å²) in [5.74, 6) is 0.422. The van der Waals surface area contributed by atoms with Crippen molar-refractivity contribution in [1.29, 1.82) is 0 Å². The summed E-state index contributed by atoms with van der Waals surface area (Å²) in [5.41, 5.74) is 4.99. The number of aryl methyl sites for hydroxylation is 1. The highest BCUT2D eigenvalue weighted by atomic mass is 32.1. The van der Waals surface area contributed by atoms with Crippen LogP contribution in [0.4, 0.5) is 0 Å². The van der Waals surface area contributed by atoms with Crippen molar-refractivity contribution in [3.63, 3.8) is 0 Å². The highest BCUT2D eigenvalue weighted by Crippen LogP contribution is 2.30. The largest absolute Gasteiger partial charge is 0.332 e. The molecule has 0 aliphatic carbocycles. The topological polar surface area (TPSA) is 49.3 Å². The fourth-order valence-corrected chi connectivity index (χ4v) is 4.42. The molecule has 6 heteroatoms. The van der Waals surface area contributed by atoms with Gasteiger partial charge in [0.1, 0.15) is 0 Å². The molecule has 3 aliphatic rings. The van der Waals surface area contributed by atoms with Crippen molar-refractivity contribution < 1.29 is 4.79 Å². The zero-order chi connectivity index (χ0) is 16.5. The van der Waals surface area contributed by atoms with E-state index >= 15 is 0 Å². The van der Waals surface area contributed by atoms with E-state index in [0.717, 1.165) is 49.6 Å². The molecule has 2 aromatic heterocycles. The van der Waals surface area contributed by atoms with Crippen LogP contribution in [-0.4, -0.2) is 44.8 Å². The van der Waals surface area contributed by atoms with E-state index in [1.807, 2.05) is 23.9 Å². The first-order valence-electron chi connectivity index (χ1n) is 8.51. The summed E-state index contributed by atoms with van der Waals surface area (Å²) in [6.07, 6.45) is 2.10. The fraction of sp³-hybridized carbons (Fsp3) is 0.500. The molecule has 24 heavy (non-hydrogen) atoms. The predicted molar refractivity (Wildman–Crippen MR) is 93.4 cm³/mol. The highest BCUT2D eigenvalue weighted by Gasteiger charge is 2.40. The third kappa shape index (κ3) is 3.21. The maximum atomic E-state index is 12.8. The van der Waals surface area contributed by atoms with Crippen LogP contribution in [0.3, 0.4) is 0 Å². The molecule has 3 saturated heterocycles. The summed E-state index contributed by atoms with van der Waals surface area (Å²) in [4.78, 5) is 26.3. The molecule has 2 aromatic rings. The van der Waals surface area contributed by atoms with Crippen molar-refractivity contribution in [2.24, 2.45) is 5.92 Å². The highest BCUT2D eigenvalue weighted by molar-refractivity contribution is 7.07. The van der Waals surface area contributed by atoms with Crippen LogP contribution >= 0.6 is 11.3 Å². The van der Waals surface area contributed by atoms with E-state index in [1.165, 1.54) is 0 Å². The van der Waals surface area contributed by atoms with Gasteiger partial charge in [-0.15, -0.1) is 11.3 Å². The zero-order valence-corrected chi connectivity index (χ0v) is 14.7. The molecule has 0 spiro atoms. The number of nitrogens with zero attached hydrogens (tertiary/aromatic N) is 4. The number of carbonyl (C=O) groups excluding carboxylic acids is 1. The molecule has 0 saturated carbocycles. The van der Waals surface area contributed by atoms with Gasteiger partial charge in [0, 0.05) is 36.8 Å². The monoisotopic (exact) mass is 342 g/mol. The zero-order valence-electron chi connectivity index (χ0n) is 13.9. The van der Waals surface area contributed by atoms with Crippen LogP contribution in [0.5, 0.6) is 0 Å². The van der Waals surface area contributed by atoms with E-state index in [1.54, 1.807) is 11.3 Å². The molecule has 2 bridgehead atoms. The van der Waals surface area contributed by atoms with E-state index in [2.05, 4.69) is 31.9 Å². The van der Waals surface area contributed by atoms with Crippen molar-refractivity contribution in [2.45, 2.75) is 38.9 Å². The van der Waals surface area contributed by atoms with Crippen molar-refractivity contribution in [2.75, 3.05) is 13.1 Å². The Kier molecular flexibility index (Phi) is 4.33. The van der Waals surface area contributed by atoms with Gasteiger partial charge in [0.05, 0.1) is 29.4 Å². The average Bonchev–Trinajstić information content (AvgIpc) is 2.94. The van der Waals surface area contributed by atoms with Gasteiger partial charge in [-0.2, -0.15) is 0 Å². The van der Waals surface area contributed by atoms with Crippen LogP contribution in [0.15, 0.2) is 29.1 Å². The SMILES string of the molecule is Cc1cccc(CN2C[C@@H]3CC[C@H](C2)N(Cc2cscn2)C3=O)n1. The molecule has 0 unspecified atom stereocenters. The van der Waals surface area contributed by atoms with Crippen LogP contribution in [0.2, 0.25) is 0 Å². The van der Waals surface area contributed by atoms with Crippen molar-refractivity contribution >= 4 is 17.2 Å². The molecular weight excluding hydrogens is 320 g/mol. The van der Waals surface area contributed by atoms with Crippen molar-refractivity contribution in [3.8, 4) is 0 Å². The van der Waals surface area contributed by atoms with Gasteiger partial charge in [-0.3, -0.25) is 14.7 Å². The Hall–Kier alpha value is -1.79. The van der Waals surface area contributed by atoms with Crippen molar-refractivity contribution in [3.05, 3.63) is 46.2 Å². The number of fused-ring (bicyclic) bond motifs is 4. The number of hydrogen-bond acceptors (Lipinski definition) is 5. The summed E-state index contributed by atoms with van der Waals surface area (Å²) in [5, 5.41) is 2.04. The second kappa shape index (κ2) is 6.61. The third-order valence-corrected chi connectivity index (χ3v) is 5.65. The first-order chi connectivity index (χ1) is 11.7. The quantitative estimate of drug-likeness (QED) is 0.856. The van der Waals surface area contributed by atoms with Crippen molar-refractivity contribution in [1.82, 2.24) is 19.8 Å². The smallest absolute Gasteiger partial charge is 0.227 e. The van der Waals surface area contributed by atoms with E-state index in [-0.39, 0.29) is 5.92 Å². The number of pyridine rings is 1. The lowest BCUT2D eigenvalue weighted by atomic mass is 9.94. The number of rotatable bonds is 4. The molecule has 5 heterocycles. The van der Waals surface area contributed by atoms with Crippen LogP contribution in [0.1, 0.15) is 29.9 Å². The van der Waals surface area contributed by atoms with E-state index in [9.17, 15) is 4.79 Å². The Balaban J connectivity index is 1.50. The predicted octanol–water partition coefficient (Wildman–Crippen LogP) is 2.47. The second-order valence-electron chi connectivity index (χ2n) is 6.84. The minimum atomic E-state index is 0.118. The van der Waals surface area contributed by atoms with E-state index in [0.29, 0.717) is 18.5 Å². The van der Waals surface area contributed by atoms with E-state index in [4.69, 9.17) is 0 Å². The molecular formula is C18H22N4OS. The third-order valence-electron chi connectivity index (χ3n) is 5.02. The maximum absolute atomic E-state index is 12.8. The number of carbonyl (C=O) groups is 1. The van der Waals surface area contributed by atoms with Gasteiger partial charge in [0.25, 0.3) is 0 Å². The van der Waals surface area contributed by atoms with Gasteiger partial charge >= 0.3 is 0 Å². The Morgan fingerprint density at radius 3 is 2.92 bits per heavy atom. The Labute approximate surface area is 146 Å². The number of thiazole rings is 1. The fourth-order valence-electron chi connectivity index (χ4n) is 3.87. The van der Waals surface area contributed by atoms with E-state index < -0.39 is 0 Å². The van der Waals surface area contributed by atoms with Crippen LogP contribution in [0.25, 0.3) is 0 Å². The van der Waals surface area contributed by atoms with Gasteiger partial charge < -0.3 is 4.90 Å². The summed E-state index contributed by atoms with van der Waals surface area (Å²) in [6.45, 7) is 5.28. The number of amides is 1. The Morgan fingerprint density at radius 1 is 1.21 bits per heavy atom. The van der Waals surface area contributed by atoms with Crippen LogP contribution in [0, 0.1) is 12.8 Å². The van der Waals surface area contributed by atoms with Gasteiger partial charge in [-0.1, -0.05) is 6.07 Å². The molecule has 3 fully saturated rings. The molecule has 2 atom stereocenters. The molecule has 0 N–H and O–H groups in total. The molecule has 0 radical (unpaired) electrons. The summed E-state index contributed by atoms with van der Waals surface area (Å²) in [6, 6.07) is 6.45. The minimum absolute atomic E-state index is 0.118. The van der Waals surface area contributed by atoms with Crippen LogP contribution in [-0.2, 0) is 17.9 Å². The summed E-state index contributed by atoms with van der Waals surface area (Å²) >= 11 is 1.59. The molecule has 0 aromatic carbocycles. The first kappa shape index (κ1) is 15.7. The molecule has 3 aliphatic heterocycles. The lowest BCUT2D eigenvalue weighted by molar-refractivity contribution is -0.140. The van der Waals surface area contributed by atoms with Gasteiger partial charge in [0.2, 0.25) is 5.91 Å². The first-order valence-corrected chi connectivity index (χ1v) is 9.46. The minimum Gasteiger partial charge on any atom is -0.332 e. The lowest BCUT2D eigenvalue weighted by Gasteiger charge is -2.35. The lowest BCUT2D eigenvalue weighted by Crippen LogP contribution is -2.47. The normalized spacial score (nSPS) is 24.4. The maximum Gasteiger partial charge on any atom is 0.227 e. The number of aromatic nitrogens is 2. The summed E-state index contributed by atoms with van der Waals surface area (Å²) in [7, 11) is 0. The summed E-state index contributed by atoms with van der Waals surface area (Å²) < 4.78 is 0. The second-order valence-corrected chi connectivity index (χ2v) is 7.56. The number of hydrogen-bond donors (Lipinski definition) is 0. The molecule has 1 amide bonds. The molecule has 5 rings (SSSR count).